The quantitative estimate of drug-likeness (QED) is 0.928. The molecule has 2 aromatic carbocycles. The summed E-state index contributed by atoms with van der Waals surface area (Å²) >= 11 is 0. The van der Waals surface area contributed by atoms with Crippen LogP contribution in [0.2, 0.25) is 0 Å². The summed E-state index contributed by atoms with van der Waals surface area (Å²) < 4.78 is 19.4. The number of methoxy groups -OCH3 is 1. The lowest BCUT2D eigenvalue weighted by Crippen LogP contribution is -2.23. The van der Waals surface area contributed by atoms with E-state index < -0.39 is 0 Å². The first-order chi connectivity index (χ1) is 10.2. The van der Waals surface area contributed by atoms with E-state index in [1.165, 1.54) is 18.2 Å². The Labute approximate surface area is 125 Å². The van der Waals surface area contributed by atoms with Crippen molar-refractivity contribution in [2.45, 2.75) is 18.9 Å². The molecule has 0 saturated heterocycles. The van der Waals surface area contributed by atoms with Crippen LogP contribution in [0.5, 0.6) is 5.75 Å². The van der Waals surface area contributed by atoms with Gasteiger partial charge in [0.25, 0.3) is 0 Å². The van der Waals surface area contributed by atoms with E-state index in [4.69, 9.17) is 4.74 Å². The standard InChI is InChI=1S/C18H20FNO/c1-20-18-14(10-12-6-3-4-8-15(12)18)11-13-7-5-9-16(21-2)17(13)19/h3-9,14,18,20H,10-11H2,1-2H3. The maximum absolute atomic E-state index is 14.3. The van der Waals surface area contributed by atoms with Gasteiger partial charge in [0.2, 0.25) is 0 Å². The maximum atomic E-state index is 14.3. The fourth-order valence-electron chi connectivity index (χ4n) is 3.41. The molecule has 1 aliphatic rings. The summed E-state index contributed by atoms with van der Waals surface area (Å²) in [6.07, 6.45) is 1.70. The van der Waals surface area contributed by atoms with E-state index in [1.807, 2.05) is 19.2 Å². The second-order valence-corrected chi connectivity index (χ2v) is 5.57. The molecule has 0 fully saturated rings. The lowest BCUT2D eigenvalue weighted by atomic mass is 9.92. The third-order valence-corrected chi connectivity index (χ3v) is 4.40. The van der Waals surface area contributed by atoms with Crippen molar-refractivity contribution < 1.29 is 9.13 Å². The van der Waals surface area contributed by atoms with Gasteiger partial charge in [-0.05, 0) is 48.6 Å². The van der Waals surface area contributed by atoms with E-state index in [1.54, 1.807) is 6.07 Å². The highest BCUT2D eigenvalue weighted by atomic mass is 19.1. The van der Waals surface area contributed by atoms with Crippen molar-refractivity contribution in [1.29, 1.82) is 0 Å². The van der Waals surface area contributed by atoms with Gasteiger partial charge in [-0.25, -0.2) is 4.39 Å². The number of rotatable bonds is 4. The van der Waals surface area contributed by atoms with Crippen molar-refractivity contribution in [3.8, 4) is 5.75 Å². The van der Waals surface area contributed by atoms with Gasteiger partial charge in [0.1, 0.15) is 0 Å². The lowest BCUT2D eigenvalue weighted by Gasteiger charge is -2.20. The molecule has 2 nitrogen and oxygen atoms in total. The summed E-state index contributed by atoms with van der Waals surface area (Å²) in [4.78, 5) is 0. The van der Waals surface area contributed by atoms with E-state index in [2.05, 4.69) is 29.6 Å². The molecule has 0 heterocycles. The summed E-state index contributed by atoms with van der Waals surface area (Å²) in [5, 5.41) is 3.38. The topological polar surface area (TPSA) is 21.3 Å². The minimum Gasteiger partial charge on any atom is -0.494 e. The first kappa shape index (κ1) is 14.1. The van der Waals surface area contributed by atoms with Crippen molar-refractivity contribution in [1.82, 2.24) is 5.32 Å². The molecule has 1 N–H and O–H groups in total. The Bertz CT molecular complexity index is 641. The van der Waals surface area contributed by atoms with Gasteiger partial charge in [-0.2, -0.15) is 0 Å². The van der Waals surface area contributed by atoms with Gasteiger partial charge < -0.3 is 10.1 Å². The number of nitrogens with one attached hydrogen (secondary N) is 1. The van der Waals surface area contributed by atoms with Crippen LogP contribution >= 0.6 is 0 Å². The average molecular weight is 285 g/mol. The highest BCUT2D eigenvalue weighted by Gasteiger charge is 2.31. The van der Waals surface area contributed by atoms with Gasteiger partial charge in [-0.1, -0.05) is 36.4 Å². The van der Waals surface area contributed by atoms with E-state index >= 15 is 0 Å². The van der Waals surface area contributed by atoms with Gasteiger partial charge in [-0.15, -0.1) is 0 Å². The van der Waals surface area contributed by atoms with Crippen molar-refractivity contribution in [2.75, 3.05) is 14.2 Å². The first-order valence-electron chi connectivity index (χ1n) is 7.31. The second kappa shape index (κ2) is 5.86. The molecule has 2 unspecified atom stereocenters. The molecule has 0 aromatic heterocycles. The summed E-state index contributed by atoms with van der Waals surface area (Å²) in [5.41, 5.74) is 3.44. The smallest absolute Gasteiger partial charge is 0.168 e. The maximum Gasteiger partial charge on any atom is 0.168 e. The zero-order chi connectivity index (χ0) is 14.8. The van der Waals surface area contributed by atoms with Crippen LogP contribution in [0.15, 0.2) is 42.5 Å². The number of ether oxygens (including phenoxy) is 1. The van der Waals surface area contributed by atoms with Crippen LogP contribution in [0, 0.1) is 11.7 Å². The Kier molecular flexibility index (Phi) is 3.93. The van der Waals surface area contributed by atoms with Crippen LogP contribution in [0.3, 0.4) is 0 Å². The molecular formula is C18H20FNO. The van der Waals surface area contributed by atoms with Gasteiger partial charge in [0.15, 0.2) is 11.6 Å². The highest BCUT2D eigenvalue weighted by molar-refractivity contribution is 5.38. The summed E-state index contributed by atoms with van der Waals surface area (Å²) in [6.45, 7) is 0. The molecule has 0 aliphatic heterocycles. The Balaban J connectivity index is 1.87. The molecule has 2 aromatic rings. The largest absolute Gasteiger partial charge is 0.494 e. The van der Waals surface area contributed by atoms with E-state index in [-0.39, 0.29) is 11.9 Å². The molecular weight excluding hydrogens is 265 g/mol. The molecule has 0 amide bonds. The van der Waals surface area contributed by atoms with Crippen molar-refractivity contribution in [3.05, 3.63) is 65.0 Å². The minimum absolute atomic E-state index is 0.231. The lowest BCUT2D eigenvalue weighted by molar-refractivity contribution is 0.374. The monoisotopic (exact) mass is 285 g/mol. The van der Waals surface area contributed by atoms with Crippen molar-refractivity contribution in [2.24, 2.45) is 5.92 Å². The molecule has 2 atom stereocenters. The van der Waals surface area contributed by atoms with Crippen LogP contribution in [-0.4, -0.2) is 14.2 Å². The molecule has 0 spiro atoms. The zero-order valence-corrected chi connectivity index (χ0v) is 12.4. The number of hydrogen-bond acceptors (Lipinski definition) is 2. The van der Waals surface area contributed by atoms with Crippen LogP contribution in [-0.2, 0) is 12.8 Å². The average Bonchev–Trinajstić information content (AvgIpc) is 2.86. The van der Waals surface area contributed by atoms with Crippen molar-refractivity contribution in [3.63, 3.8) is 0 Å². The van der Waals surface area contributed by atoms with E-state index in [0.717, 1.165) is 12.0 Å². The van der Waals surface area contributed by atoms with E-state index in [0.29, 0.717) is 18.1 Å². The fraction of sp³-hybridized carbons (Fsp3) is 0.333. The van der Waals surface area contributed by atoms with Crippen LogP contribution < -0.4 is 10.1 Å². The van der Waals surface area contributed by atoms with Gasteiger partial charge in [0.05, 0.1) is 7.11 Å². The first-order valence-corrected chi connectivity index (χ1v) is 7.31. The molecule has 0 bridgehead atoms. The Morgan fingerprint density at radius 1 is 1.19 bits per heavy atom. The second-order valence-electron chi connectivity index (χ2n) is 5.57. The summed E-state index contributed by atoms with van der Waals surface area (Å²) in [7, 11) is 3.48. The van der Waals surface area contributed by atoms with Gasteiger partial charge in [0, 0.05) is 6.04 Å². The Morgan fingerprint density at radius 2 is 2.00 bits per heavy atom. The molecule has 3 heteroatoms. The molecule has 0 radical (unpaired) electrons. The highest BCUT2D eigenvalue weighted by Crippen LogP contribution is 2.38. The van der Waals surface area contributed by atoms with Gasteiger partial charge >= 0.3 is 0 Å². The molecule has 21 heavy (non-hydrogen) atoms. The summed E-state index contributed by atoms with van der Waals surface area (Å²) in [6, 6.07) is 14.1. The van der Waals surface area contributed by atoms with Gasteiger partial charge in [-0.3, -0.25) is 0 Å². The third-order valence-electron chi connectivity index (χ3n) is 4.40. The minimum atomic E-state index is -0.231. The Hall–Kier alpha value is -1.87. The fourth-order valence-corrected chi connectivity index (χ4v) is 3.41. The van der Waals surface area contributed by atoms with Crippen LogP contribution in [0.25, 0.3) is 0 Å². The molecule has 1 aliphatic carbocycles. The molecule has 3 rings (SSSR count). The number of halogens is 1. The molecule has 110 valence electrons. The normalized spacial score (nSPS) is 20.3. The predicted octanol–water partition coefficient (Wildman–Crippen LogP) is 3.51. The zero-order valence-electron chi connectivity index (χ0n) is 12.4. The SMILES string of the molecule is CNC1c2ccccc2CC1Cc1cccc(OC)c1F. The molecule has 0 saturated carbocycles. The van der Waals surface area contributed by atoms with Crippen LogP contribution in [0.4, 0.5) is 4.39 Å². The Morgan fingerprint density at radius 3 is 2.76 bits per heavy atom. The summed E-state index contributed by atoms with van der Waals surface area (Å²) in [5.74, 6) is 0.462. The van der Waals surface area contributed by atoms with E-state index in [9.17, 15) is 4.39 Å². The number of hydrogen-bond donors (Lipinski definition) is 1. The third kappa shape index (κ3) is 2.54. The van der Waals surface area contributed by atoms with Crippen LogP contribution in [0.1, 0.15) is 22.7 Å². The number of benzene rings is 2. The number of fused-ring (bicyclic) bond motifs is 1. The predicted molar refractivity (Wildman–Crippen MR) is 82.1 cm³/mol. The van der Waals surface area contributed by atoms with Crippen molar-refractivity contribution >= 4 is 0 Å².